The van der Waals surface area contributed by atoms with Crippen molar-refractivity contribution in [3.05, 3.63) is 106 Å². The second kappa shape index (κ2) is 9.77. The highest BCUT2D eigenvalue weighted by atomic mass is 79.9. The normalized spacial score (nSPS) is 11.8. The smallest absolute Gasteiger partial charge is 0.230 e. The van der Waals surface area contributed by atoms with Crippen LogP contribution >= 0.6 is 27.7 Å². The van der Waals surface area contributed by atoms with Crippen LogP contribution in [-0.4, -0.2) is 11.7 Å². The number of hydrogen-bond acceptors (Lipinski definition) is 2. The van der Waals surface area contributed by atoms with E-state index in [4.69, 9.17) is 0 Å². The van der Waals surface area contributed by atoms with Gasteiger partial charge < -0.3 is 5.32 Å². The number of nitrogens with one attached hydrogen (secondary N) is 1. The van der Waals surface area contributed by atoms with Crippen LogP contribution < -0.4 is 5.32 Å². The second-order valence-corrected chi connectivity index (χ2v) is 8.29. The van der Waals surface area contributed by atoms with Crippen LogP contribution in [0, 0.1) is 6.92 Å². The molecular weight excluding hydrogens is 418 g/mol. The topological polar surface area (TPSA) is 29.1 Å². The zero-order valence-electron chi connectivity index (χ0n) is 15.2. The molecule has 0 aliphatic rings. The van der Waals surface area contributed by atoms with E-state index in [0.717, 1.165) is 21.4 Å². The summed E-state index contributed by atoms with van der Waals surface area (Å²) in [7, 11) is 0. The Morgan fingerprint density at radius 1 is 0.963 bits per heavy atom. The summed E-state index contributed by atoms with van der Waals surface area (Å²) < 4.78 is 1.07. The lowest BCUT2D eigenvalue weighted by Gasteiger charge is -2.21. The van der Waals surface area contributed by atoms with Gasteiger partial charge in [0.05, 0.1) is 11.8 Å². The SMILES string of the molecule is Cc1ccccc1C(NC(=O)CSCc1ccc(Br)cc1)c1ccccc1. The van der Waals surface area contributed by atoms with Gasteiger partial charge in [0.1, 0.15) is 0 Å². The van der Waals surface area contributed by atoms with Gasteiger partial charge in [-0.2, -0.15) is 0 Å². The molecule has 27 heavy (non-hydrogen) atoms. The number of rotatable bonds is 7. The van der Waals surface area contributed by atoms with Crippen LogP contribution in [0.1, 0.15) is 28.3 Å². The lowest BCUT2D eigenvalue weighted by atomic mass is 9.95. The molecule has 4 heteroatoms. The van der Waals surface area contributed by atoms with Gasteiger partial charge in [-0.25, -0.2) is 0 Å². The third-order valence-electron chi connectivity index (χ3n) is 4.35. The zero-order chi connectivity index (χ0) is 19.1. The number of amides is 1. The Hall–Kier alpha value is -2.04. The molecule has 3 rings (SSSR count). The molecule has 0 heterocycles. The van der Waals surface area contributed by atoms with Gasteiger partial charge in [0, 0.05) is 10.2 Å². The lowest BCUT2D eigenvalue weighted by molar-refractivity contribution is -0.119. The van der Waals surface area contributed by atoms with Gasteiger partial charge in [-0.15, -0.1) is 11.8 Å². The Morgan fingerprint density at radius 3 is 2.33 bits per heavy atom. The van der Waals surface area contributed by atoms with E-state index in [2.05, 4.69) is 64.6 Å². The van der Waals surface area contributed by atoms with E-state index in [1.54, 1.807) is 11.8 Å². The van der Waals surface area contributed by atoms with Gasteiger partial charge in [-0.05, 0) is 41.3 Å². The standard InChI is InChI=1S/C23H22BrNOS/c1-17-7-5-6-10-21(17)23(19-8-3-2-4-9-19)25-22(26)16-27-15-18-11-13-20(24)14-12-18/h2-14,23H,15-16H2,1H3,(H,25,26). The molecule has 1 amide bonds. The van der Waals surface area contributed by atoms with E-state index >= 15 is 0 Å². The van der Waals surface area contributed by atoms with Crippen LogP contribution in [0.2, 0.25) is 0 Å². The molecule has 0 aliphatic carbocycles. The molecular formula is C23H22BrNOS. The van der Waals surface area contributed by atoms with Crippen LogP contribution in [-0.2, 0) is 10.5 Å². The van der Waals surface area contributed by atoms with Crippen LogP contribution in [0.3, 0.4) is 0 Å². The molecule has 1 unspecified atom stereocenters. The quantitative estimate of drug-likeness (QED) is 0.496. The first-order chi connectivity index (χ1) is 13.1. The van der Waals surface area contributed by atoms with Crippen molar-refractivity contribution >= 4 is 33.6 Å². The Bertz CT molecular complexity index is 880. The predicted octanol–water partition coefficient (Wildman–Crippen LogP) is 5.90. The van der Waals surface area contributed by atoms with Gasteiger partial charge in [-0.3, -0.25) is 4.79 Å². The first-order valence-electron chi connectivity index (χ1n) is 8.85. The van der Waals surface area contributed by atoms with E-state index in [0.29, 0.717) is 5.75 Å². The molecule has 0 saturated heterocycles. The average molecular weight is 440 g/mol. The molecule has 0 bridgehead atoms. The molecule has 138 valence electrons. The first kappa shape index (κ1) is 19.7. The van der Waals surface area contributed by atoms with E-state index in [1.807, 2.05) is 42.5 Å². The Balaban J connectivity index is 1.66. The lowest BCUT2D eigenvalue weighted by Crippen LogP contribution is -2.31. The zero-order valence-corrected chi connectivity index (χ0v) is 17.6. The minimum Gasteiger partial charge on any atom is -0.344 e. The summed E-state index contributed by atoms with van der Waals surface area (Å²) in [5, 5.41) is 3.22. The Kier molecular flexibility index (Phi) is 7.13. The molecule has 0 saturated carbocycles. The molecule has 1 atom stereocenters. The number of halogens is 1. The number of benzene rings is 3. The molecule has 0 aromatic heterocycles. The number of thioether (sulfide) groups is 1. The fourth-order valence-electron chi connectivity index (χ4n) is 2.94. The molecule has 0 radical (unpaired) electrons. The predicted molar refractivity (Wildman–Crippen MR) is 118 cm³/mol. The molecule has 1 N–H and O–H groups in total. The Labute approximate surface area is 173 Å². The van der Waals surface area contributed by atoms with E-state index in [9.17, 15) is 4.79 Å². The highest BCUT2D eigenvalue weighted by molar-refractivity contribution is 9.10. The molecule has 3 aromatic carbocycles. The summed E-state index contributed by atoms with van der Waals surface area (Å²) in [6.45, 7) is 2.08. The summed E-state index contributed by atoms with van der Waals surface area (Å²) in [6.07, 6.45) is 0. The van der Waals surface area contributed by atoms with Gasteiger partial charge in [-0.1, -0.05) is 82.7 Å². The van der Waals surface area contributed by atoms with E-state index in [1.165, 1.54) is 11.1 Å². The number of carbonyl (C=O) groups is 1. The minimum atomic E-state index is -0.131. The van der Waals surface area contributed by atoms with Crippen LogP contribution in [0.4, 0.5) is 0 Å². The maximum atomic E-state index is 12.6. The number of hydrogen-bond donors (Lipinski definition) is 1. The van der Waals surface area contributed by atoms with Crippen LogP contribution in [0.5, 0.6) is 0 Å². The number of carbonyl (C=O) groups excluding carboxylic acids is 1. The molecule has 0 fully saturated rings. The van der Waals surface area contributed by atoms with Crippen LogP contribution in [0.15, 0.2) is 83.3 Å². The van der Waals surface area contributed by atoms with Gasteiger partial charge in [0.25, 0.3) is 0 Å². The molecule has 3 aromatic rings. The largest absolute Gasteiger partial charge is 0.344 e. The van der Waals surface area contributed by atoms with Gasteiger partial charge in [0.15, 0.2) is 0 Å². The third kappa shape index (κ3) is 5.72. The monoisotopic (exact) mass is 439 g/mol. The maximum Gasteiger partial charge on any atom is 0.230 e. The fraction of sp³-hybridized carbons (Fsp3) is 0.174. The summed E-state index contributed by atoms with van der Waals surface area (Å²) in [6, 6.07) is 26.4. The van der Waals surface area contributed by atoms with Crippen molar-refractivity contribution in [1.29, 1.82) is 0 Å². The number of aryl methyl sites for hydroxylation is 1. The molecule has 0 aliphatic heterocycles. The van der Waals surface area contributed by atoms with Crippen molar-refractivity contribution in [2.75, 3.05) is 5.75 Å². The van der Waals surface area contributed by atoms with Crippen molar-refractivity contribution in [3.8, 4) is 0 Å². The van der Waals surface area contributed by atoms with Crippen molar-refractivity contribution < 1.29 is 4.79 Å². The van der Waals surface area contributed by atoms with Gasteiger partial charge in [0.2, 0.25) is 5.91 Å². The minimum absolute atomic E-state index is 0.0502. The van der Waals surface area contributed by atoms with E-state index < -0.39 is 0 Å². The van der Waals surface area contributed by atoms with Crippen molar-refractivity contribution in [3.63, 3.8) is 0 Å². The maximum absolute atomic E-state index is 12.6. The summed E-state index contributed by atoms with van der Waals surface area (Å²) in [5.41, 5.74) is 4.62. The first-order valence-corrected chi connectivity index (χ1v) is 10.8. The van der Waals surface area contributed by atoms with Crippen molar-refractivity contribution in [1.82, 2.24) is 5.32 Å². The molecule has 0 spiro atoms. The highest BCUT2D eigenvalue weighted by Crippen LogP contribution is 2.25. The van der Waals surface area contributed by atoms with Crippen molar-refractivity contribution in [2.45, 2.75) is 18.7 Å². The van der Waals surface area contributed by atoms with E-state index in [-0.39, 0.29) is 11.9 Å². The summed E-state index contributed by atoms with van der Waals surface area (Å²) in [4.78, 5) is 12.6. The second-order valence-electron chi connectivity index (χ2n) is 6.39. The fourth-order valence-corrected chi connectivity index (χ4v) is 4.00. The summed E-state index contributed by atoms with van der Waals surface area (Å²) >= 11 is 5.07. The third-order valence-corrected chi connectivity index (χ3v) is 5.89. The summed E-state index contributed by atoms with van der Waals surface area (Å²) in [5.74, 6) is 1.31. The van der Waals surface area contributed by atoms with Crippen LogP contribution in [0.25, 0.3) is 0 Å². The Morgan fingerprint density at radius 2 is 1.63 bits per heavy atom. The van der Waals surface area contributed by atoms with Crippen molar-refractivity contribution in [2.24, 2.45) is 0 Å². The average Bonchev–Trinajstić information content (AvgIpc) is 2.69. The molecule has 2 nitrogen and oxygen atoms in total. The highest BCUT2D eigenvalue weighted by Gasteiger charge is 2.18. The van der Waals surface area contributed by atoms with Gasteiger partial charge >= 0.3 is 0 Å².